The maximum absolute atomic E-state index is 10.8. The molecule has 0 fully saturated rings. The number of rotatable bonds is 9. The lowest BCUT2D eigenvalue weighted by Crippen LogP contribution is -2.33. The monoisotopic (exact) mass is 365 g/mol. The van der Waals surface area contributed by atoms with Crippen molar-refractivity contribution in [3.63, 3.8) is 0 Å². The Balaban J connectivity index is 1.97. The average Bonchev–Trinajstić information content (AvgIpc) is 2.55. The number of likely N-dealkylation sites (N-methyl/N-ethyl adjacent to an activating group) is 1. The number of aliphatic carboxylic acids is 1. The molecule has 2 aromatic carbocycles. The Hall–Kier alpha value is -1.69. The third-order valence-electron chi connectivity index (χ3n) is 3.34. The van der Waals surface area contributed by atoms with Crippen molar-refractivity contribution in [1.82, 2.24) is 4.90 Å². The topological polar surface area (TPSA) is 49.8 Å². The molecule has 128 valence electrons. The number of hydrogen-bond donors (Lipinski definition) is 1. The Morgan fingerprint density at radius 3 is 2.75 bits per heavy atom. The fourth-order valence-electron chi connectivity index (χ4n) is 2.14. The van der Waals surface area contributed by atoms with Crippen LogP contribution in [0.3, 0.4) is 0 Å². The molecule has 0 spiro atoms. The highest BCUT2D eigenvalue weighted by Gasteiger charge is 2.09. The highest BCUT2D eigenvalue weighted by Crippen LogP contribution is 2.35. The molecule has 24 heavy (non-hydrogen) atoms. The zero-order valence-electron chi connectivity index (χ0n) is 13.4. The quantitative estimate of drug-likeness (QED) is 0.718. The van der Waals surface area contributed by atoms with Crippen molar-refractivity contribution in [3.8, 4) is 5.75 Å². The van der Waals surface area contributed by atoms with Crippen molar-refractivity contribution in [2.45, 2.75) is 16.7 Å². The minimum Gasteiger partial charge on any atom is -0.491 e. The van der Waals surface area contributed by atoms with Gasteiger partial charge in [0.2, 0.25) is 0 Å². The van der Waals surface area contributed by atoms with E-state index >= 15 is 0 Å². The molecular weight excluding hydrogens is 346 g/mol. The number of carboxylic acids is 1. The van der Waals surface area contributed by atoms with Gasteiger partial charge in [0.25, 0.3) is 0 Å². The van der Waals surface area contributed by atoms with Crippen molar-refractivity contribution >= 4 is 29.3 Å². The molecule has 0 amide bonds. The fraction of sp³-hybridized carbons (Fsp3) is 0.278. The van der Waals surface area contributed by atoms with E-state index in [0.717, 1.165) is 15.5 Å². The summed E-state index contributed by atoms with van der Waals surface area (Å²) in [6.07, 6.45) is 0. The van der Waals surface area contributed by atoms with Crippen molar-refractivity contribution < 1.29 is 14.6 Å². The SMILES string of the molecule is CCN(CCOc1ccccc1Sc1cccc(Cl)c1)CC(=O)O. The van der Waals surface area contributed by atoms with Crippen LogP contribution in [0.1, 0.15) is 6.92 Å². The van der Waals surface area contributed by atoms with Crippen LogP contribution in [0.2, 0.25) is 5.02 Å². The number of hydrogen-bond acceptors (Lipinski definition) is 4. The minimum atomic E-state index is -0.825. The molecular formula is C18H20ClNO3S. The third-order valence-corrected chi connectivity index (χ3v) is 4.63. The number of halogens is 1. The van der Waals surface area contributed by atoms with E-state index in [2.05, 4.69) is 0 Å². The molecule has 0 bridgehead atoms. The van der Waals surface area contributed by atoms with Gasteiger partial charge in [-0.2, -0.15) is 0 Å². The second kappa shape index (κ2) is 9.57. The van der Waals surface area contributed by atoms with Crippen LogP contribution in [0, 0.1) is 0 Å². The summed E-state index contributed by atoms with van der Waals surface area (Å²) >= 11 is 7.62. The molecule has 0 radical (unpaired) electrons. The van der Waals surface area contributed by atoms with E-state index in [-0.39, 0.29) is 6.54 Å². The first-order valence-electron chi connectivity index (χ1n) is 7.68. The summed E-state index contributed by atoms with van der Waals surface area (Å²) < 4.78 is 5.87. The van der Waals surface area contributed by atoms with Crippen molar-refractivity contribution in [2.24, 2.45) is 0 Å². The first-order chi connectivity index (χ1) is 11.6. The van der Waals surface area contributed by atoms with Crippen molar-refractivity contribution in [1.29, 1.82) is 0 Å². The molecule has 6 heteroatoms. The summed E-state index contributed by atoms with van der Waals surface area (Å²) in [4.78, 5) is 14.7. The lowest BCUT2D eigenvalue weighted by Gasteiger charge is -2.18. The minimum absolute atomic E-state index is 0.0266. The van der Waals surface area contributed by atoms with Gasteiger partial charge in [-0.15, -0.1) is 0 Å². The van der Waals surface area contributed by atoms with Crippen LogP contribution < -0.4 is 4.74 Å². The van der Waals surface area contributed by atoms with Crippen molar-refractivity contribution in [2.75, 3.05) is 26.2 Å². The van der Waals surface area contributed by atoms with E-state index in [0.29, 0.717) is 24.7 Å². The van der Waals surface area contributed by atoms with Crippen LogP contribution in [0.25, 0.3) is 0 Å². The molecule has 0 aliphatic carbocycles. The number of carboxylic acid groups (broad SMARTS) is 1. The summed E-state index contributed by atoms with van der Waals surface area (Å²) in [5, 5.41) is 9.57. The van der Waals surface area contributed by atoms with E-state index in [4.69, 9.17) is 21.4 Å². The average molecular weight is 366 g/mol. The van der Waals surface area contributed by atoms with Crippen LogP contribution in [-0.2, 0) is 4.79 Å². The van der Waals surface area contributed by atoms with Gasteiger partial charge in [-0.25, -0.2) is 0 Å². The number of nitrogens with zero attached hydrogens (tertiary/aromatic N) is 1. The second-order valence-corrected chi connectivity index (χ2v) is 6.67. The molecule has 0 atom stereocenters. The van der Waals surface area contributed by atoms with Crippen LogP contribution in [0.4, 0.5) is 0 Å². The van der Waals surface area contributed by atoms with E-state index in [1.165, 1.54) is 0 Å². The smallest absolute Gasteiger partial charge is 0.317 e. The Bertz CT molecular complexity index is 681. The lowest BCUT2D eigenvalue weighted by molar-refractivity contribution is -0.138. The normalized spacial score (nSPS) is 10.8. The number of para-hydroxylation sites is 1. The summed E-state index contributed by atoms with van der Waals surface area (Å²) in [6, 6.07) is 15.5. The molecule has 1 N–H and O–H groups in total. The van der Waals surface area contributed by atoms with Crippen LogP contribution in [0.15, 0.2) is 58.3 Å². The molecule has 2 aromatic rings. The fourth-order valence-corrected chi connectivity index (χ4v) is 3.35. The second-order valence-electron chi connectivity index (χ2n) is 5.12. The molecule has 0 saturated heterocycles. The maximum atomic E-state index is 10.8. The first kappa shape index (κ1) is 18.6. The zero-order chi connectivity index (χ0) is 17.4. The van der Waals surface area contributed by atoms with Gasteiger partial charge < -0.3 is 9.84 Å². The Labute approximate surface area is 151 Å². The van der Waals surface area contributed by atoms with Gasteiger partial charge in [-0.1, -0.05) is 48.5 Å². The molecule has 0 unspecified atom stereocenters. The predicted molar refractivity (Wildman–Crippen MR) is 97.3 cm³/mol. The standard InChI is InChI=1S/C18H20ClNO3S/c1-2-20(13-18(21)22)10-11-23-16-8-3-4-9-17(16)24-15-7-5-6-14(19)12-15/h3-9,12H,2,10-11,13H2,1H3,(H,21,22). The van der Waals surface area contributed by atoms with Gasteiger partial charge in [-0.3, -0.25) is 9.69 Å². The highest BCUT2D eigenvalue weighted by atomic mass is 35.5. The summed E-state index contributed by atoms with van der Waals surface area (Å²) in [6.45, 7) is 3.65. The van der Waals surface area contributed by atoms with Gasteiger partial charge in [-0.05, 0) is 36.9 Å². The number of ether oxygens (including phenoxy) is 1. The molecule has 0 aliphatic rings. The Morgan fingerprint density at radius 2 is 2.04 bits per heavy atom. The van der Waals surface area contributed by atoms with Gasteiger partial charge >= 0.3 is 5.97 Å². The van der Waals surface area contributed by atoms with E-state index in [1.807, 2.05) is 60.4 Å². The van der Waals surface area contributed by atoms with Gasteiger partial charge in [0.15, 0.2) is 0 Å². The van der Waals surface area contributed by atoms with Crippen LogP contribution in [-0.4, -0.2) is 42.2 Å². The van der Waals surface area contributed by atoms with Gasteiger partial charge in [0, 0.05) is 16.5 Å². The van der Waals surface area contributed by atoms with Gasteiger partial charge in [0.1, 0.15) is 12.4 Å². The zero-order valence-corrected chi connectivity index (χ0v) is 15.0. The molecule has 0 saturated carbocycles. The van der Waals surface area contributed by atoms with E-state index in [1.54, 1.807) is 11.8 Å². The Kier molecular flexibility index (Phi) is 7.43. The van der Waals surface area contributed by atoms with E-state index in [9.17, 15) is 4.79 Å². The third kappa shape index (κ3) is 6.07. The van der Waals surface area contributed by atoms with Crippen LogP contribution >= 0.6 is 23.4 Å². The molecule has 0 aromatic heterocycles. The number of benzene rings is 2. The van der Waals surface area contributed by atoms with Crippen LogP contribution in [0.5, 0.6) is 5.75 Å². The summed E-state index contributed by atoms with van der Waals surface area (Å²) in [7, 11) is 0. The largest absolute Gasteiger partial charge is 0.491 e. The Morgan fingerprint density at radius 1 is 1.25 bits per heavy atom. The molecule has 2 rings (SSSR count). The first-order valence-corrected chi connectivity index (χ1v) is 8.87. The predicted octanol–water partition coefficient (Wildman–Crippen LogP) is 4.28. The molecule has 0 aliphatic heterocycles. The lowest BCUT2D eigenvalue weighted by atomic mass is 10.3. The summed E-state index contributed by atoms with van der Waals surface area (Å²) in [5.41, 5.74) is 0. The highest BCUT2D eigenvalue weighted by molar-refractivity contribution is 7.99. The molecule has 0 heterocycles. The van der Waals surface area contributed by atoms with E-state index < -0.39 is 5.97 Å². The number of carbonyl (C=O) groups is 1. The molecule has 4 nitrogen and oxygen atoms in total. The maximum Gasteiger partial charge on any atom is 0.317 e. The van der Waals surface area contributed by atoms with Gasteiger partial charge in [0.05, 0.1) is 11.4 Å². The summed E-state index contributed by atoms with van der Waals surface area (Å²) in [5.74, 6) is -0.0392. The van der Waals surface area contributed by atoms with Crippen molar-refractivity contribution in [3.05, 3.63) is 53.6 Å².